The molecule has 0 bridgehead atoms. The summed E-state index contributed by atoms with van der Waals surface area (Å²) in [7, 11) is 0. The summed E-state index contributed by atoms with van der Waals surface area (Å²) in [6.07, 6.45) is 57.1. The Morgan fingerprint density at radius 2 is 0.684 bits per heavy atom. The molecule has 0 fully saturated rings. The molecule has 0 radical (unpaired) electrons. The van der Waals surface area contributed by atoms with Gasteiger partial charge in [-0.2, -0.15) is 0 Å². The van der Waals surface area contributed by atoms with Crippen LogP contribution in [0.15, 0.2) is 85.1 Å². The molecule has 57 heavy (non-hydrogen) atoms. The smallest absolute Gasteiger partial charge is 0.306 e. The van der Waals surface area contributed by atoms with E-state index >= 15 is 0 Å². The van der Waals surface area contributed by atoms with Crippen molar-refractivity contribution in [3.63, 3.8) is 0 Å². The molecule has 324 valence electrons. The molecule has 0 aromatic rings. The molecule has 0 aliphatic rings. The second-order valence-corrected chi connectivity index (χ2v) is 14.9. The maximum atomic E-state index is 12.7. The van der Waals surface area contributed by atoms with Crippen molar-refractivity contribution in [3.8, 4) is 0 Å². The zero-order chi connectivity index (χ0) is 41.5. The van der Waals surface area contributed by atoms with Crippen molar-refractivity contribution in [2.75, 3.05) is 13.2 Å². The summed E-state index contributed by atoms with van der Waals surface area (Å²) in [5.41, 5.74) is 0. The summed E-state index contributed by atoms with van der Waals surface area (Å²) in [6, 6.07) is 0. The number of unbranched alkanes of at least 4 members (excludes halogenated alkanes) is 15. The maximum Gasteiger partial charge on any atom is 0.306 e. The highest BCUT2D eigenvalue weighted by Crippen LogP contribution is 2.13. The van der Waals surface area contributed by atoms with Crippen LogP contribution < -0.4 is 0 Å². The molecule has 0 aromatic carbocycles. The van der Waals surface area contributed by atoms with Crippen LogP contribution in [0.4, 0.5) is 0 Å². The van der Waals surface area contributed by atoms with Gasteiger partial charge in [0.1, 0.15) is 13.2 Å². The van der Waals surface area contributed by atoms with Gasteiger partial charge in [-0.05, 0) is 89.9 Å². The fourth-order valence-electron chi connectivity index (χ4n) is 5.97. The fraction of sp³-hybridized carbons (Fsp3) is 0.667. The van der Waals surface area contributed by atoms with E-state index in [1.807, 2.05) is 0 Å². The van der Waals surface area contributed by atoms with E-state index in [0.29, 0.717) is 19.3 Å². The van der Waals surface area contributed by atoms with Gasteiger partial charge in [-0.1, -0.05) is 176 Å². The van der Waals surface area contributed by atoms with Gasteiger partial charge in [0.25, 0.3) is 0 Å². The number of hydrogen-bond donors (Lipinski definition) is 0. The highest BCUT2D eigenvalue weighted by molar-refractivity contribution is 5.71. The summed E-state index contributed by atoms with van der Waals surface area (Å²) < 4.78 is 16.6. The Bertz CT molecular complexity index is 1140. The average Bonchev–Trinajstić information content (AvgIpc) is 3.21. The van der Waals surface area contributed by atoms with Gasteiger partial charge in [-0.3, -0.25) is 14.4 Å². The molecule has 0 amide bonds. The minimum atomic E-state index is -0.806. The van der Waals surface area contributed by atoms with Gasteiger partial charge in [0.2, 0.25) is 0 Å². The first kappa shape index (κ1) is 53.6. The molecule has 0 aliphatic carbocycles. The lowest BCUT2D eigenvalue weighted by molar-refractivity contribution is -0.167. The van der Waals surface area contributed by atoms with Crippen LogP contribution in [0.5, 0.6) is 0 Å². The van der Waals surface area contributed by atoms with Crippen molar-refractivity contribution in [3.05, 3.63) is 85.1 Å². The Hall–Kier alpha value is -3.41. The van der Waals surface area contributed by atoms with E-state index in [1.54, 1.807) is 0 Å². The third-order valence-corrected chi connectivity index (χ3v) is 9.40. The second kappa shape index (κ2) is 45.3. The molecular weight excluding hydrogens is 709 g/mol. The van der Waals surface area contributed by atoms with E-state index in [1.165, 1.54) is 51.4 Å². The minimum Gasteiger partial charge on any atom is -0.462 e. The molecule has 0 heterocycles. The Balaban J connectivity index is 4.49. The number of ether oxygens (including phenoxy) is 3. The first-order valence-electron chi connectivity index (χ1n) is 23.1. The van der Waals surface area contributed by atoms with Crippen molar-refractivity contribution in [1.29, 1.82) is 0 Å². The standard InChI is InChI=1S/C51H84O6/c1-4-7-10-13-16-19-22-24-25-26-27-30-32-35-38-41-44-50(53)56-47-48(46-55-49(52)43-40-37-34-31-28-21-18-15-12-9-6-3)57-51(54)45-42-39-36-33-29-23-20-17-14-11-8-5-2/h7-8,10-11,16-17,19-20,24-25,27,29-30,33,48H,4-6,9,12-15,18,21-23,26,28,31-32,34-47H2,1-3H3/b10-7-,11-8-,19-16-,20-17-,25-24-,30-27-,33-29-. The maximum absolute atomic E-state index is 12.7. The summed E-state index contributed by atoms with van der Waals surface area (Å²) in [5.74, 6) is -0.982. The van der Waals surface area contributed by atoms with Crippen molar-refractivity contribution in [2.24, 2.45) is 0 Å². The van der Waals surface area contributed by atoms with Crippen molar-refractivity contribution in [2.45, 2.75) is 207 Å². The van der Waals surface area contributed by atoms with Gasteiger partial charge in [-0.25, -0.2) is 0 Å². The molecule has 1 unspecified atom stereocenters. The Morgan fingerprint density at radius 1 is 0.368 bits per heavy atom. The number of allylic oxidation sites excluding steroid dienone is 14. The second-order valence-electron chi connectivity index (χ2n) is 14.9. The molecule has 0 rings (SSSR count). The first-order valence-corrected chi connectivity index (χ1v) is 23.1. The van der Waals surface area contributed by atoms with Gasteiger partial charge in [0, 0.05) is 19.3 Å². The summed E-state index contributed by atoms with van der Waals surface area (Å²) >= 11 is 0. The zero-order valence-corrected chi connectivity index (χ0v) is 36.8. The van der Waals surface area contributed by atoms with E-state index < -0.39 is 6.10 Å². The number of carbonyl (C=O) groups is 3. The Morgan fingerprint density at radius 3 is 1.11 bits per heavy atom. The lowest BCUT2D eigenvalue weighted by Gasteiger charge is -2.18. The van der Waals surface area contributed by atoms with Crippen LogP contribution >= 0.6 is 0 Å². The molecule has 6 nitrogen and oxygen atoms in total. The van der Waals surface area contributed by atoms with E-state index in [9.17, 15) is 14.4 Å². The first-order chi connectivity index (χ1) is 28.0. The van der Waals surface area contributed by atoms with Gasteiger partial charge >= 0.3 is 17.9 Å². The van der Waals surface area contributed by atoms with Crippen LogP contribution in [0, 0.1) is 0 Å². The van der Waals surface area contributed by atoms with Crippen LogP contribution in [0.25, 0.3) is 0 Å². The molecule has 0 aliphatic heterocycles. The van der Waals surface area contributed by atoms with Crippen molar-refractivity contribution in [1.82, 2.24) is 0 Å². The highest BCUT2D eigenvalue weighted by atomic mass is 16.6. The summed E-state index contributed by atoms with van der Waals surface area (Å²) in [5, 5.41) is 0. The monoisotopic (exact) mass is 793 g/mol. The minimum absolute atomic E-state index is 0.102. The molecule has 0 N–H and O–H groups in total. The normalized spacial score (nSPS) is 12.8. The zero-order valence-electron chi connectivity index (χ0n) is 36.8. The molecule has 6 heteroatoms. The predicted octanol–water partition coefficient (Wildman–Crippen LogP) is 14.9. The van der Waals surface area contributed by atoms with Crippen LogP contribution in [0.1, 0.15) is 201 Å². The van der Waals surface area contributed by atoms with Gasteiger partial charge in [0.15, 0.2) is 6.10 Å². The number of carbonyl (C=O) groups excluding carboxylic acids is 3. The number of hydrogen-bond acceptors (Lipinski definition) is 6. The molecule has 0 saturated carbocycles. The largest absolute Gasteiger partial charge is 0.462 e. The lowest BCUT2D eigenvalue weighted by atomic mass is 10.1. The highest BCUT2D eigenvalue weighted by Gasteiger charge is 2.19. The van der Waals surface area contributed by atoms with Gasteiger partial charge in [0.05, 0.1) is 0 Å². The SMILES string of the molecule is CC/C=C\C/C=C\C/C=C\C/C=C\CCCCCC(=O)OCC(COC(=O)CCCCCCCCCCCCC)OC(=O)CCCC/C=C\C/C=C\C/C=C\CC. The van der Waals surface area contributed by atoms with Gasteiger partial charge in [-0.15, -0.1) is 0 Å². The average molecular weight is 793 g/mol. The van der Waals surface area contributed by atoms with Crippen molar-refractivity contribution >= 4 is 17.9 Å². The van der Waals surface area contributed by atoms with Crippen LogP contribution in [0.2, 0.25) is 0 Å². The van der Waals surface area contributed by atoms with Gasteiger partial charge < -0.3 is 14.2 Å². The summed E-state index contributed by atoms with van der Waals surface area (Å²) in [6.45, 7) is 6.32. The number of esters is 3. The quantitative estimate of drug-likeness (QED) is 0.0266. The van der Waals surface area contributed by atoms with Crippen LogP contribution in [-0.4, -0.2) is 37.2 Å². The lowest BCUT2D eigenvalue weighted by Crippen LogP contribution is -2.30. The molecule has 0 saturated heterocycles. The van der Waals surface area contributed by atoms with E-state index in [4.69, 9.17) is 14.2 Å². The van der Waals surface area contributed by atoms with Crippen LogP contribution in [-0.2, 0) is 28.6 Å². The number of rotatable bonds is 40. The van der Waals surface area contributed by atoms with Crippen LogP contribution in [0.3, 0.4) is 0 Å². The Labute approximate surface area is 350 Å². The summed E-state index contributed by atoms with van der Waals surface area (Å²) in [4.78, 5) is 37.7. The molecule has 0 aromatic heterocycles. The van der Waals surface area contributed by atoms with E-state index in [-0.39, 0.29) is 37.5 Å². The Kier molecular flexibility index (Phi) is 42.6. The third kappa shape index (κ3) is 43.6. The third-order valence-electron chi connectivity index (χ3n) is 9.40. The topological polar surface area (TPSA) is 78.9 Å². The predicted molar refractivity (Wildman–Crippen MR) is 242 cm³/mol. The van der Waals surface area contributed by atoms with Crippen molar-refractivity contribution < 1.29 is 28.6 Å². The van der Waals surface area contributed by atoms with E-state index in [2.05, 4.69) is 106 Å². The molecule has 0 spiro atoms. The molecular formula is C51H84O6. The molecule has 1 atom stereocenters. The fourth-order valence-corrected chi connectivity index (χ4v) is 5.97. The van der Waals surface area contributed by atoms with E-state index in [0.717, 1.165) is 103 Å².